The third kappa shape index (κ3) is 2.58. The van der Waals surface area contributed by atoms with Crippen molar-refractivity contribution in [3.05, 3.63) is 46.9 Å². The first kappa shape index (κ1) is 13.5. The van der Waals surface area contributed by atoms with Crippen LogP contribution < -0.4 is 15.2 Å². The summed E-state index contributed by atoms with van der Waals surface area (Å²) in [5, 5.41) is 0. The number of benzene rings is 1. The first-order valence-electron chi connectivity index (χ1n) is 6.10. The molecule has 0 radical (unpaired) electrons. The lowest BCUT2D eigenvalue weighted by atomic mass is 9.96. The molecule has 0 bridgehead atoms. The second kappa shape index (κ2) is 5.36. The van der Waals surface area contributed by atoms with E-state index >= 15 is 0 Å². The van der Waals surface area contributed by atoms with Crippen molar-refractivity contribution in [3.8, 4) is 11.5 Å². The first-order valence-corrected chi connectivity index (χ1v) is 6.10. The van der Waals surface area contributed by atoms with E-state index in [1.807, 2.05) is 32.0 Å². The van der Waals surface area contributed by atoms with E-state index in [1.54, 1.807) is 20.5 Å². The van der Waals surface area contributed by atoms with Crippen LogP contribution in [0.5, 0.6) is 11.5 Å². The number of nitrogens with two attached hydrogens (primary N) is 1. The summed E-state index contributed by atoms with van der Waals surface area (Å²) < 4.78 is 15.9. The van der Waals surface area contributed by atoms with Crippen LogP contribution in [0.2, 0.25) is 0 Å². The molecule has 1 unspecified atom stereocenters. The van der Waals surface area contributed by atoms with E-state index in [-0.39, 0.29) is 6.04 Å². The molecular weight excluding hydrogens is 242 g/mol. The van der Waals surface area contributed by atoms with Crippen molar-refractivity contribution >= 4 is 0 Å². The minimum atomic E-state index is -0.239. The maximum atomic E-state index is 6.29. The minimum Gasteiger partial charge on any atom is -0.493 e. The highest BCUT2D eigenvalue weighted by Crippen LogP contribution is 2.34. The van der Waals surface area contributed by atoms with Gasteiger partial charge in [0, 0.05) is 5.56 Å². The number of hydrogen-bond donors (Lipinski definition) is 1. The summed E-state index contributed by atoms with van der Waals surface area (Å²) in [5.41, 5.74) is 9.30. The lowest BCUT2D eigenvalue weighted by molar-refractivity contribution is 0.354. The van der Waals surface area contributed by atoms with Gasteiger partial charge in [0.05, 0.1) is 26.5 Å². The average Bonchev–Trinajstić information content (AvgIpc) is 2.84. The van der Waals surface area contributed by atoms with E-state index in [0.717, 1.165) is 22.5 Å². The van der Waals surface area contributed by atoms with Gasteiger partial charge in [0.15, 0.2) is 11.5 Å². The topological polar surface area (TPSA) is 57.6 Å². The van der Waals surface area contributed by atoms with Crippen LogP contribution in [0.4, 0.5) is 0 Å². The van der Waals surface area contributed by atoms with Gasteiger partial charge in [-0.1, -0.05) is 0 Å². The van der Waals surface area contributed by atoms with Gasteiger partial charge in [-0.2, -0.15) is 0 Å². The Balaban J connectivity index is 2.44. The molecule has 0 saturated carbocycles. The molecule has 0 fully saturated rings. The molecule has 2 N–H and O–H groups in total. The fourth-order valence-corrected chi connectivity index (χ4v) is 2.14. The molecule has 102 valence electrons. The Kier molecular flexibility index (Phi) is 3.81. The van der Waals surface area contributed by atoms with E-state index in [0.29, 0.717) is 11.5 Å². The number of aryl methyl sites for hydroxylation is 2. The van der Waals surface area contributed by atoms with Gasteiger partial charge in [0.1, 0.15) is 5.76 Å². The van der Waals surface area contributed by atoms with Crippen LogP contribution >= 0.6 is 0 Å². The third-order valence-corrected chi connectivity index (χ3v) is 3.22. The molecule has 19 heavy (non-hydrogen) atoms. The standard InChI is InChI=1S/C15H19NO3/c1-9-5-13(17-3)14(18-4)7-12(9)15(16)11-6-10(2)19-8-11/h5-8,15H,16H2,1-4H3. The zero-order valence-electron chi connectivity index (χ0n) is 11.7. The maximum Gasteiger partial charge on any atom is 0.161 e. The van der Waals surface area contributed by atoms with E-state index < -0.39 is 0 Å². The van der Waals surface area contributed by atoms with Crippen LogP contribution in [0.1, 0.15) is 28.5 Å². The number of furan rings is 1. The zero-order valence-corrected chi connectivity index (χ0v) is 11.7. The molecule has 4 nitrogen and oxygen atoms in total. The number of methoxy groups -OCH3 is 2. The molecule has 1 atom stereocenters. The van der Waals surface area contributed by atoms with Gasteiger partial charge >= 0.3 is 0 Å². The fourth-order valence-electron chi connectivity index (χ4n) is 2.14. The predicted molar refractivity (Wildman–Crippen MR) is 73.8 cm³/mol. The van der Waals surface area contributed by atoms with Gasteiger partial charge in [0.2, 0.25) is 0 Å². The molecule has 4 heteroatoms. The lowest BCUT2D eigenvalue weighted by Crippen LogP contribution is -2.13. The SMILES string of the molecule is COc1cc(C)c(C(N)c2coc(C)c2)cc1OC. The van der Waals surface area contributed by atoms with Gasteiger partial charge < -0.3 is 19.6 Å². The number of hydrogen-bond acceptors (Lipinski definition) is 4. The molecular formula is C15H19NO3. The Bertz CT molecular complexity index is 575. The molecule has 1 aromatic heterocycles. The van der Waals surface area contributed by atoms with Gasteiger partial charge in [-0.05, 0) is 43.2 Å². The Hall–Kier alpha value is -1.94. The van der Waals surface area contributed by atoms with E-state index in [4.69, 9.17) is 19.6 Å². The number of rotatable bonds is 4. The molecule has 0 aliphatic heterocycles. The Morgan fingerprint density at radius 1 is 1.05 bits per heavy atom. The molecule has 2 rings (SSSR count). The Morgan fingerprint density at radius 2 is 1.68 bits per heavy atom. The fraction of sp³-hybridized carbons (Fsp3) is 0.333. The molecule has 1 heterocycles. The third-order valence-electron chi connectivity index (χ3n) is 3.22. The van der Waals surface area contributed by atoms with Crippen molar-refractivity contribution in [1.82, 2.24) is 0 Å². The summed E-state index contributed by atoms with van der Waals surface area (Å²) in [7, 11) is 3.24. The summed E-state index contributed by atoms with van der Waals surface area (Å²) in [6, 6.07) is 5.56. The van der Waals surface area contributed by atoms with Crippen molar-refractivity contribution in [2.24, 2.45) is 5.73 Å². The predicted octanol–water partition coefficient (Wildman–Crippen LogP) is 2.96. The first-order chi connectivity index (χ1) is 9.06. The van der Waals surface area contributed by atoms with E-state index in [2.05, 4.69) is 0 Å². The molecule has 0 saturated heterocycles. The summed E-state index contributed by atoms with van der Waals surface area (Å²) in [6.45, 7) is 3.90. The maximum absolute atomic E-state index is 6.29. The number of ether oxygens (including phenoxy) is 2. The lowest BCUT2D eigenvalue weighted by Gasteiger charge is -2.16. The van der Waals surface area contributed by atoms with Crippen molar-refractivity contribution in [2.45, 2.75) is 19.9 Å². The highest BCUT2D eigenvalue weighted by atomic mass is 16.5. The monoisotopic (exact) mass is 261 g/mol. The van der Waals surface area contributed by atoms with Gasteiger partial charge in [-0.3, -0.25) is 0 Å². The molecule has 0 aliphatic rings. The van der Waals surface area contributed by atoms with Gasteiger partial charge in [0.25, 0.3) is 0 Å². The van der Waals surface area contributed by atoms with Gasteiger partial charge in [-0.15, -0.1) is 0 Å². The molecule has 0 amide bonds. The van der Waals surface area contributed by atoms with E-state index in [9.17, 15) is 0 Å². The van der Waals surface area contributed by atoms with Gasteiger partial charge in [-0.25, -0.2) is 0 Å². The smallest absolute Gasteiger partial charge is 0.161 e. The highest BCUT2D eigenvalue weighted by Gasteiger charge is 2.17. The van der Waals surface area contributed by atoms with Crippen molar-refractivity contribution < 1.29 is 13.9 Å². The molecule has 1 aromatic carbocycles. The van der Waals surface area contributed by atoms with Crippen molar-refractivity contribution in [1.29, 1.82) is 0 Å². The van der Waals surface area contributed by atoms with E-state index in [1.165, 1.54) is 0 Å². The summed E-state index contributed by atoms with van der Waals surface area (Å²) in [4.78, 5) is 0. The van der Waals surface area contributed by atoms with Crippen LogP contribution in [0, 0.1) is 13.8 Å². The molecule has 2 aromatic rings. The minimum absolute atomic E-state index is 0.239. The highest BCUT2D eigenvalue weighted by molar-refractivity contribution is 5.49. The van der Waals surface area contributed by atoms with Crippen LogP contribution in [-0.4, -0.2) is 14.2 Å². The van der Waals surface area contributed by atoms with Crippen LogP contribution in [0.25, 0.3) is 0 Å². The quantitative estimate of drug-likeness (QED) is 0.919. The van der Waals surface area contributed by atoms with Crippen LogP contribution in [-0.2, 0) is 0 Å². The largest absolute Gasteiger partial charge is 0.493 e. The van der Waals surface area contributed by atoms with Crippen molar-refractivity contribution in [2.75, 3.05) is 14.2 Å². The molecule has 0 aliphatic carbocycles. The Morgan fingerprint density at radius 3 is 2.21 bits per heavy atom. The Labute approximate surface area is 113 Å². The van der Waals surface area contributed by atoms with Crippen molar-refractivity contribution in [3.63, 3.8) is 0 Å². The van der Waals surface area contributed by atoms with Crippen LogP contribution in [0.3, 0.4) is 0 Å². The molecule has 0 spiro atoms. The summed E-state index contributed by atoms with van der Waals surface area (Å²) >= 11 is 0. The van der Waals surface area contributed by atoms with Crippen LogP contribution in [0.15, 0.2) is 28.9 Å². The normalized spacial score (nSPS) is 12.3. The zero-order chi connectivity index (χ0) is 14.0. The second-order valence-electron chi connectivity index (χ2n) is 4.53. The summed E-state index contributed by atoms with van der Waals surface area (Å²) in [6.07, 6.45) is 1.69. The summed E-state index contributed by atoms with van der Waals surface area (Å²) in [5.74, 6) is 2.24. The second-order valence-corrected chi connectivity index (χ2v) is 4.53. The average molecular weight is 261 g/mol.